The molecule has 1 aromatic heterocycles. The number of aryl methyl sites for hydroxylation is 1. The Hall–Kier alpha value is -1.97. The summed E-state index contributed by atoms with van der Waals surface area (Å²) in [6.45, 7) is 3.09. The molecule has 0 fully saturated rings. The van der Waals surface area contributed by atoms with Gasteiger partial charge in [-0.1, -0.05) is 0 Å². The highest BCUT2D eigenvalue weighted by Gasteiger charge is 2.05. The summed E-state index contributed by atoms with van der Waals surface area (Å²) in [4.78, 5) is 0. The number of hydrogen-bond acceptors (Lipinski definition) is 2. The molecular weight excluding hydrogens is 231 g/mol. The number of nitrogens with zero attached hydrogens (tertiary/aromatic N) is 1. The molecule has 0 aliphatic rings. The van der Waals surface area contributed by atoms with Crippen LogP contribution in [0, 0.1) is 5.82 Å². The van der Waals surface area contributed by atoms with Crippen molar-refractivity contribution in [1.82, 2.24) is 4.57 Å². The van der Waals surface area contributed by atoms with Crippen LogP contribution in [0.5, 0.6) is 5.75 Å². The lowest BCUT2D eigenvalue weighted by molar-refractivity contribution is 0.340. The normalized spacial score (nSPS) is 10.4. The summed E-state index contributed by atoms with van der Waals surface area (Å²) in [6.07, 6.45) is 4.03. The predicted octanol–water partition coefficient (Wildman–Crippen LogP) is 3.18. The average molecular weight is 248 g/mol. The molecule has 0 unspecified atom stereocenters. The minimum Gasteiger partial charge on any atom is -0.492 e. The van der Waals surface area contributed by atoms with Crippen molar-refractivity contribution in [3.05, 3.63) is 48.0 Å². The molecule has 0 aliphatic heterocycles. The molecule has 0 bridgehead atoms. The highest BCUT2D eigenvalue weighted by atomic mass is 19.1. The van der Waals surface area contributed by atoms with E-state index in [0.29, 0.717) is 18.9 Å². The van der Waals surface area contributed by atoms with Crippen molar-refractivity contribution in [2.45, 2.75) is 13.5 Å². The second-order valence-corrected chi connectivity index (χ2v) is 4.11. The van der Waals surface area contributed by atoms with Gasteiger partial charge in [0.2, 0.25) is 0 Å². The Morgan fingerprint density at radius 3 is 2.83 bits per heavy atom. The van der Waals surface area contributed by atoms with Gasteiger partial charge < -0.3 is 14.6 Å². The number of nitrogens with one attached hydrogen (secondary N) is 1. The van der Waals surface area contributed by atoms with Crippen LogP contribution in [0.15, 0.2) is 36.7 Å². The lowest BCUT2D eigenvalue weighted by Crippen LogP contribution is -2.02. The maximum absolute atomic E-state index is 13.1. The first kappa shape index (κ1) is 12.5. The second-order valence-electron chi connectivity index (χ2n) is 4.11. The van der Waals surface area contributed by atoms with Crippen LogP contribution in [0.4, 0.5) is 10.1 Å². The summed E-state index contributed by atoms with van der Waals surface area (Å²) >= 11 is 0. The van der Waals surface area contributed by atoms with Crippen LogP contribution in [0.25, 0.3) is 0 Å². The van der Waals surface area contributed by atoms with Crippen molar-refractivity contribution in [2.75, 3.05) is 11.9 Å². The van der Waals surface area contributed by atoms with Crippen LogP contribution in [-0.2, 0) is 13.6 Å². The largest absolute Gasteiger partial charge is 0.492 e. The standard InChI is InChI=1S/C14H17FN2O/c1-3-18-14-8-12(15)4-5-13(14)16-9-11-6-7-17(2)10-11/h4-8,10,16H,3,9H2,1-2H3. The smallest absolute Gasteiger partial charge is 0.145 e. The summed E-state index contributed by atoms with van der Waals surface area (Å²) in [5.74, 6) is 0.261. The highest BCUT2D eigenvalue weighted by molar-refractivity contribution is 5.56. The Morgan fingerprint density at radius 1 is 1.33 bits per heavy atom. The summed E-state index contributed by atoms with van der Waals surface area (Å²) in [5, 5.41) is 3.25. The topological polar surface area (TPSA) is 26.2 Å². The zero-order valence-electron chi connectivity index (χ0n) is 10.6. The Bertz CT molecular complexity index is 522. The van der Waals surface area contributed by atoms with Gasteiger partial charge in [0.15, 0.2) is 0 Å². The van der Waals surface area contributed by atoms with Gasteiger partial charge in [-0.2, -0.15) is 0 Å². The highest BCUT2D eigenvalue weighted by Crippen LogP contribution is 2.25. The summed E-state index contributed by atoms with van der Waals surface area (Å²) < 4.78 is 20.5. The first-order valence-corrected chi connectivity index (χ1v) is 5.96. The van der Waals surface area contributed by atoms with Gasteiger partial charge in [-0.15, -0.1) is 0 Å². The van der Waals surface area contributed by atoms with Gasteiger partial charge in [0, 0.05) is 32.1 Å². The van der Waals surface area contributed by atoms with E-state index in [-0.39, 0.29) is 5.82 Å². The van der Waals surface area contributed by atoms with E-state index in [0.717, 1.165) is 5.69 Å². The minimum atomic E-state index is -0.288. The van der Waals surface area contributed by atoms with Crippen LogP contribution < -0.4 is 10.1 Å². The zero-order chi connectivity index (χ0) is 13.0. The van der Waals surface area contributed by atoms with Crippen molar-refractivity contribution in [3.63, 3.8) is 0 Å². The number of ether oxygens (including phenoxy) is 1. The number of halogens is 1. The first-order chi connectivity index (χ1) is 8.69. The number of anilines is 1. The van der Waals surface area contributed by atoms with Gasteiger partial charge in [0.25, 0.3) is 0 Å². The Morgan fingerprint density at radius 2 is 2.17 bits per heavy atom. The summed E-state index contributed by atoms with van der Waals surface area (Å²) in [7, 11) is 1.98. The fraction of sp³-hybridized carbons (Fsp3) is 0.286. The molecular formula is C14H17FN2O. The van der Waals surface area contributed by atoms with E-state index in [1.807, 2.05) is 37.0 Å². The molecule has 1 N–H and O–H groups in total. The van der Waals surface area contributed by atoms with Crippen molar-refractivity contribution in [2.24, 2.45) is 7.05 Å². The molecule has 18 heavy (non-hydrogen) atoms. The van der Waals surface area contributed by atoms with Crippen molar-refractivity contribution >= 4 is 5.69 Å². The molecule has 0 saturated carbocycles. The minimum absolute atomic E-state index is 0.288. The number of aromatic nitrogens is 1. The first-order valence-electron chi connectivity index (χ1n) is 5.96. The van der Waals surface area contributed by atoms with Gasteiger partial charge >= 0.3 is 0 Å². The molecule has 0 saturated heterocycles. The van der Waals surface area contributed by atoms with Crippen molar-refractivity contribution in [1.29, 1.82) is 0 Å². The van der Waals surface area contributed by atoms with Crippen LogP contribution in [0.2, 0.25) is 0 Å². The van der Waals surface area contributed by atoms with Gasteiger partial charge in [-0.25, -0.2) is 4.39 Å². The summed E-state index contributed by atoms with van der Waals surface area (Å²) in [5.41, 5.74) is 1.98. The third kappa shape index (κ3) is 3.03. The fourth-order valence-electron chi connectivity index (χ4n) is 1.78. The summed E-state index contributed by atoms with van der Waals surface area (Å²) in [6, 6.07) is 6.56. The Balaban J connectivity index is 2.08. The van der Waals surface area contributed by atoms with Crippen LogP contribution in [0.3, 0.4) is 0 Å². The molecule has 96 valence electrons. The van der Waals surface area contributed by atoms with Gasteiger partial charge in [-0.3, -0.25) is 0 Å². The molecule has 4 heteroatoms. The molecule has 0 radical (unpaired) electrons. The average Bonchev–Trinajstić information content (AvgIpc) is 2.75. The SMILES string of the molecule is CCOc1cc(F)ccc1NCc1ccn(C)c1. The van der Waals surface area contributed by atoms with Gasteiger partial charge in [0.05, 0.1) is 12.3 Å². The lowest BCUT2D eigenvalue weighted by atomic mass is 10.2. The van der Waals surface area contributed by atoms with E-state index in [9.17, 15) is 4.39 Å². The molecule has 0 aliphatic carbocycles. The molecule has 0 spiro atoms. The molecule has 1 heterocycles. The van der Waals surface area contributed by atoms with E-state index in [1.165, 1.54) is 17.7 Å². The Labute approximate surface area is 106 Å². The van der Waals surface area contributed by atoms with Crippen LogP contribution in [-0.4, -0.2) is 11.2 Å². The molecule has 2 rings (SSSR count). The third-order valence-corrected chi connectivity index (χ3v) is 2.62. The quantitative estimate of drug-likeness (QED) is 0.879. The van der Waals surface area contributed by atoms with Gasteiger partial charge in [-0.05, 0) is 30.7 Å². The van der Waals surface area contributed by atoms with E-state index in [2.05, 4.69) is 5.32 Å². The van der Waals surface area contributed by atoms with Gasteiger partial charge in [0.1, 0.15) is 11.6 Å². The molecule has 0 amide bonds. The fourth-order valence-corrected chi connectivity index (χ4v) is 1.78. The van der Waals surface area contributed by atoms with Crippen molar-refractivity contribution in [3.8, 4) is 5.75 Å². The maximum atomic E-state index is 13.1. The third-order valence-electron chi connectivity index (χ3n) is 2.62. The molecule has 3 nitrogen and oxygen atoms in total. The lowest BCUT2D eigenvalue weighted by Gasteiger charge is -2.11. The van der Waals surface area contributed by atoms with Crippen molar-refractivity contribution < 1.29 is 9.13 Å². The number of rotatable bonds is 5. The van der Waals surface area contributed by atoms with E-state index in [4.69, 9.17) is 4.74 Å². The number of hydrogen-bond donors (Lipinski definition) is 1. The van der Waals surface area contributed by atoms with E-state index >= 15 is 0 Å². The van der Waals surface area contributed by atoms with Crippen LogP contribution in [0.1, 0.15) is 12.5 Å². The Kier molecular flexibility index (Phi) is 3.87. The van der Waals surface area contributed by atoms with E-state index < -0.39 is 0 Å². The maximum Gasteiger partial charge on any atom is 0.145 e. The van der Waals surface area contributed by atoms with E-state index in [1.54, 1.807) is 6.07 Å². The van der Waals surface area contributed by atoms with Crippen LogP contribution >= 0.6 is 0 Å². The predicted molar refractivity (Wildman–Crippen MR) is 70.3 cm³/mol. The molecule has 2 aromatic rings. The zero-order valence-corrected chi connectivity index (χ0v) is 10.6. The molecule has 1 aromatic carbocycles. The molecule has 0 atom stereocenters. The number of benzene rings is 1. The second kappa shape index (κ2) is 5.58. The monoisotopic (exact) mass is 248 g/mol.